The smallest absolute Gasteiger partial charge is 0.348 e. The van der Waals surface area contributed by atoms with Gasteiger partial charge >= 0.3 is 6.18 Å². The highest BCUT2D eigenvalue weighted by molar-refractivity contribution is 6.01. The van der Waals surface area contributed by atoms with Crippen molar-refractivity contribution < 1.29 is 18.0 Å². The van der Waals surface area contributed by atoms with Crippen LogP contribution in [0.4, 0.5) is 13.2 Å². The van der Waals surface area contributed by atoms with Crippen LogP contribution in [-0.2, 0) is 19.0 Å². The Balaban J connectivity index is 1.40. The minimum absolute atomic E-state index is 0.0775. The third-order valence-electron chi connectivity index (χ3n) is 6.95. The van der Waals surface area contributed by atoms with E-state index >= 15 is 0 Å². The fraction of sp³-hybridized carbons (Fsp3) is 0.308. The number of halogens is 3. The molecule has 0 fully saturated rings. The Labute approximate surface area is 215 Å². The summed E-state index contributed by atoms with van der Waals surface area (Å²) in [5, 5.41) is 8.87. The van der Waals surface area contributed by atoms with Gasteiger partial charge in [0, 0.05) is 37.6 Å². The molecule has 9 nitrogen and oxygen atoms in total. The lowest BCUT2D eigenvalue weighted by Crippen LogP contribution is -2.41. The van der Waals surface area contributed by atoms with Crippen LogP contribution < -0.4 is 0 Å². The van der Waals surface area contributed by atoms with Crippen LogP contribution in [0, 0.1) is 0 Å². The minimum Gasteiger partial charge on any atom is -0.348 e. The predicted molar refractivity (Wildman–Crippen MR) is 133 cm³/mol. The van der Waals surface area contributed by atoms with Crippen LogP contribution in [0.1, 0.15) is 44.6 Å². The van der Waals surface area contributed by atoms with E-state index in [1.165, 1.54) is 35.4 Å². The molecule has 0 saturated heterocycles. The average molecular weight is 523 g/mol. The summed E-state index contributed by atoms with van der Waals surface area (Å²) in [7, 11) is 4.02. The van der Waals surface area contributed by atoms with Crippen LogP contribution in [0.3, 0.4) is 0 Å². The van der Waals surface area contributed by atoms with Crippen LogP contribution in [0.25, 0.3) is 11.0 Å². The molecule has 38 heavy (non-hydrogen) atoms. The lowest BCUT2D eigenvalue weighted by Gasteiger charge is -2.33. The number of H-pyrrole nitrogens is 1. The number of pyridine rings is 2. The van der Waals surface area contributed by atoms with Gasteiger partial charge in [-0.05, 0) is 50.3 Å². The summed E-state index contributed by atoms with van der Waals surface area (Å²) in [5.41, 5.74) is 3.01. The van der Waals surface area contributed by atoms with Crippen LogP contribution in [0.2, 0.25) is 0 Å². The van der Waals surface area contributed by atoms with E-state index in [0.717, 1.165) is 30.3 Å². The number of aromatic amines is 1. The van der Waals surface area contributed by atoms with Crippen molar-refractivity contribution in [1.29, 1.82) is 0 Å². The number of carbonyl (C=O) groups is 1. The number of nitrogens with zero attached hydrogens (tertiary/aromatic N) is 7. The standard InChI is InChI=1S/C26H25F3N8O/c1-34(2)10-7-16-5-6-21-17(13-32-37(21)14-16)25(38)35-11-8-19-23(31-15-30-19)24(35)20-12-22-18(26(27,28)29)4-3-9-36(22)33-20/h3-6,9,12-15,24H,7-8,10-11H2,1-2H3,(H,30,31)/t24-/m0/s1. The number of rotatable bonds is 5. The fourth-order valence-electron chi connectivity index (χ4n) is 5.05. The zero-order valence-electron chi connectivity index (χ0n) is 20.8. The molecular weight excluding hydrogens is 497 g/mol. The van der Waals surface area contributed by atoms with Gasteiger partial charge in [-0.3, -0.25) is 4.79 Å². The van der Waals surface area contributed by atoms with Crippen molar-refractivity contribution in [3.63, 3.8) is 0 Å². The molecule has 196 valence electrons. The quantitative estimate of drug-likeness (QED) is 0.381. The van der Waals surface area contributed by atoms with Gasteiger partial charge in [0.1, 0.15) is 6.04 Å². The highest BCUT2D eigenvalue weighted by Crippen LogP contribution is 2.37. The topological polar surface area (TPSA) is 86.8 Å². The Kier molecular flexibility index (Phi) is 5.71. The fourth-order valence-corrected chi connectivity index (χ4v) is 5.05. The van der Waals surface area contributed by atoms with Gasteiger partial charge in [-0.2, -0.15) is 23.4 Å². The summed E-state index contributed by atoms with van der Waals surface area (Å²) in [6.45, 7) is 1.23. The van der Waals surface area contributed by atoms with E-state index in [1.54, 1.807) is 9.42 Å². The monoisotopic (exact) mass is 522 g/mol. The van der Waals surface area contributed by atoms with E-state index in [0.29, 0.717) is 35.4 Å². The molecule has 6 heterocycles. The molecule has 1 aliphatic rings. The van der Waals surface area contributed by atoms with Crippen LogP contribution >= 0.6 is 0 Å². The Bertz CT molecular complexity index is 1650. The summed E-state index contributed by atoms with van der Waals surface area (Å²) >= 11 is 0. The number of likely N-dealkylation sites (N-methyl/N-ethyl adjacent to an activating group) is 1. The van der Waals surface area contributed by atoms with Crippen molar-refractivity contribution in [1.82, 2.24) is 39.0 Å². The first kappa shape index (κ1) is 24.2. The average Bonchev–Trinajstić information content (AvgIpc) is 3.62. The predicted octanol–water partition coefficient (Wildman–Crippen LogP) is 3.62. The molecule has 0 bridgehead atoms. The van der Waals surface area contributed by atoms with E-state index in [9.17, 15) is 18.0 Å². The number of hydrogen-bond acceptors (Lipinski definition) is 5. The number of hydrogen-bond donors (Lipinski definition) is 1. The maximum Gasteiger partial charge on any atom is 0.418 e. The van der Waals surface area contributed by atoms with Crippen molar-refractivity contribution in [3.8, 4) is 0 Å². The number of fused-ring (bicyclic) bond motifs is 3. The van der Waals surface area contributed by atoms with Gasteiger partial charge < -0.3 is 14.8 Å². The molecule has 0 aromatic carbocycles. The van der Waals surface area contributed by atoms with Gasteiger partial charge in [0.25, 0.3) is 5.91 Å². The first-order valence-corrected chi connectivity index (χ1v) is 12.2. The Morgan fingerprint density at radius 2 is 2.03 bits per heavy atom. The van der Waals surface area contributed by atoms with Crippen LogP contribution in [0.15, 0.2) is 55.2 Å². The summed E-state index contributed by atoms with van der Waals surface area (Å²) in [6, 6.07) is 6.83. The minimum atomic E-state index is -4.54. The Morgan fingerprint density at radius 3 is 2.82 bits per heavy atom. The second-order valence-corrected chi connectivity index (χ2v) is 9.71. The molecule has 6 rings (SSSR count). The third-order valence-corrected chi connectivity index (χ3v) is 6.95. The maximum atomic E-state index is 13.9. The molecule has 0 unspecified atom stereocenters. The molecule has 1 N–H and O–H groups in total. The Morgan fingerprint density at radius 1 is 1.18 bits per heavy atom. The van der Waals surface area contributed by atoms with E-state index in [4.69, 9.17) is 0 Å². The SMILES string of the molecule is CN(C)CCc1ccc2c(C(=O)N3CCc4[nH]cnc4[C@@H]3c3cc4c(C(F)(F)F)cccn4n3)cnn2c1. The zero-order chi connectivity index (χ0) is 26.6. The molecule has 12 heteroatoms. The van der Waals surface area contributed by atoms with Crippen molar-refractivity contribution in [2.24, 2.45) is 0 Å². The molecular formula is C26H25F3N8O. The van der Waals surface area contributed by atoms with Crippen LogP contribution in [-0.4, -0.2) is 72.1 Å². The number of alkyl halides is 3. The van der Waals surface area contributed by atoms with E-state index < -0.39 is 17.8 Å². The molecule has 5 aromatic heterocycles. The summed E-state index contributed by atoms with van der Waals surface area (Å²) in [4.78, 5) is 25.2. The number of aromatic nitrogens is 6. The van der Waals surface area contributed by atoms with Crippen LogP contribution in [0.5, 0.6) is 0 Å². The molecule has 1 atom stereocenters. The number of nitrogens with one attached hydrogen (secondary N) is 1. The van der Waals surface area contributed by atoms with Crippen molar-refractivity contribution in [2.75, 3.05) is 27.2 Å². The second-order valence-electron chi connectivity index (χ2n) is 9.71. The largest absolute Gasteiger partial charge is 0.418 e. The lowest BCUT2D eigenvalue weighted by molar-refractivity contribution is -0.136. The molecule has 0 spiro atoms. The summed E-state index contributed by atoms with van der Waals surface area (Å²) in [5.74, 6) is -0.284. The molecule has 5 aromatic rings. The van der Waals surface area contributed by atoms with E-state index in [-0.39, 0.29) is 11.4 Å². The van der Waals surface area contributed by atoms with Crippen molar-refractivity contribution >= 4 is 16.9 Å². The van der Waals surface area contributed by atoms with Crippen molar-refractivity contribution in [2.45, 2.75) is 25.1 Å². The first-order valence-electron chi connectivity index (χ1n) is 12.2. The molecule has 1 aliphatic heterocycles. The van der Waals surface area contributed by atoms with E-state index in [1.807, 2.05) is 32.4 Å². The summed E-state index contributed by atoms with van der Waals surface area (Å²) in [6.07, 6.45) is 3.29. The molecule has 0 saturated carbocycles. The number of carbonyl (C=O) groups excluding carboxylic acids is 1. The highest BCUT2D eigenvalue weighted by Gasteiger charge is 2.39. The van der Waals surface area contributed by atoms with E-state index in [2.05, 4.69) is 25.1 Å². The first-order chi connectivity index (χ1) is 18.2. The summed E-state index contributed by atoms with van der Waals surface area (Å²) < 4.78 is 43.9. The molecule has 1 amide bonds. The lowest BCUT2D eigenvalue weighted by atomic mass is 9.98. The van der Waals surface area contributed by atoms with Gasteiger partial charge in [-0.15, -0.1) is 0 Å². The Hall–Kier alpha value is -4.19. The van der Waals surface area contributed by atoms with Gasteiger partial charge in [0.05, 0.1) is 46.1 Å². The highest BCUT2D eigenvalue weighted by atomic mass is 19.4. The third kappa shape index (κ3) is 4.10. The maximum absolute atomic E-state index is 13.9. The number of imidazole rings is 1. The van der Waals surface area contributed by atoms with Gasteiger partial charge in [0.15, 0.2) is 0 Å². The van der Waals surface area contributed by atoms with Gasteiger partial charge in [-0.25, -0.2) is 14.0 Å². The number of amides is 1. The van der Waals surface area contributed by atoms with Gasteiger partial charge in [-0.1, -0.05) is 6.07 Å². The zero-order valence-corrected chi connectivity index (χ0v) is 20.8. The second kappa shape index (κ2) is 8.98. The van der Waals surface area contributed by atoms with Crippen molar-refractivity contribution in [3.05, 3.63) is 89.0 Å². The van der Waals surface area contributed by atoms with Gasteiger partial charge in [0.2, 0.25) is 0 Å². The molecule has 0 aliphatic carbocycles. The molecule has 0 radical (unpaired) electrons. The normalized spacial score (nSPS) is 16.1.